The highest BCUT2D eigenvalue weighted by Crippen LogP contribution is 2.38. The van der Waals surface area contributed by atoms with Gasteiger partial charge in [0.15, 0.2) is 0 Å². The number of hydrogen-bond donors (Lipinski definition) is 2. The minimum Gasteiger partial charge on any atom is -0.361 e. The van der Waals surface area contributed by atoms with Gasteiger partial charge in [-0.05, 0) is 67.5 Å². The molecule has 3 aromatic rings. The standard InChI is InChI=1S/C22H23N3/c23-14-17-6-9-22-20(12-17)21(15-25-22)18-7-8-19(13-18)24-11-10-16-4-2-1-3-5-16/h1-6,9,12,15,18-19,24-25H,7-8,10-11,13H2. The fourth-order valence-electron chi connectivity index (χ4n) is 4.06. The second kappa shape index (κ2) is 7.13. The molecule has 2 aromatic carbocycles. The van der Waals surface area contributed by atoms with Crippen LogP contribution in [0.2, 0.25) is 0 Å². The Balaban J connectivity index is 1.38. The summed E-state index contributed by atoms with van der Waals surface area (Å²) < 4.78 is 0. The molecule has 1 aliphatic carbocycles. The van der Waals surface area contributed by atoms with Crippen molar-refractivity contribution < 1.29 is 0 Å². The van der Waals surface area contributed by atoms with Gasteiger partial charge >= 0.3 is 0 Å². The first-order valence-electron chi connectivity index (χ1n) is 9.12. The van der Waals surface area contributed by atoms with Gasteiger partial charge < -0.3 is 10.3 Å². The van der Waals surface area contributed by atoms with Crippen LogP contribution in [0.4, 0.5) is 0 Å². The summed E-state index contributed by atoms with van der Waals surface area (Å²) in [6, 6.07) is 19.4. The topological polar surface area (TPSA) is 51.6 Å². The van der Waals surface area contributed by atoms with E-state index < -0.39 is 0 Å². The SMILES string of the molecule is N#Cc1ccc2[nH]cc(C3CCC(NCCc4ccccc4)C3)c2c1. The van der Waals surface area contributed by atoms with Gasteiger partial charge in [0.05, 0.1) is 11.6 Å². The molecule has 126 valence electrons. The molecule has 2 atom stereocenters. The Morgan fingerprint density at radius 1 is 1.12 bits per heavy atom. The first kappa shape index (κ1) is 15.9. The quantitative estimate of drug-likeness (QED) is 0.723. The van der Waals surface area contributed by atoms with E-state index in [9.17, 15) is 0 Å². The van der Waals surface area contributed by atoms with Crippen molar-refractivity contribution >= 4 is 10.9 Å². The van der Waals surface area contributed by atoms with Crippen molar-refractivity contribution in [1.29, 1.82) is 5.26 Å². The van der Waals surface area contributed by atoms with Crippen LogP contribution in [-0.2, 0) is 6.42 Å². The number of nitrogens with one attached hydrogen (secondary N) is 2. The summed E-state index contributed by atoms with van der Waals surface area (Å²) in [7, 11) is 0. The normalized spacial score (nSPS) is 20.0. The van der Waals surface area contributed by atoms with Crippen molar-refractivity contribution in [3.63, 3.8) is 0 Å². The molecule has 1 saturated carbocycles. The molecule has 25 heavy (non-hydrogen) atoms. The fraction of sp³-hybridized carbons (Fsp3) is 0.318. The Labute approximate surface area is 148 Å². The average Bonchev–Trinajstić information content (AvgIpc) is 3.28. The largest absolute Gasteiger partial charge is 0.361 e. The molecule has 4 rings (SSSR count). The summed E-state index contributed by atoms with van der Waals surface area (Å²) >= 11 is 0. The molecule has 1 heterocycles. The lowest BCUT2D eigenvalue weighted by atomic mass is 9.96. The van der Waals surface area contributed by atoms with Crippen LogP contribution < -0.4 is 5.32 Å². The fourth-order valence-corrected chi connectivity index (χ4v) is 4.06. The van der Waals surface area contributed by atoms with Gasteiger partial charge in [0, 0.05) is 23.1 Å². The zero-order chi connectivity index (χ0) is 17.1. The summed E-state index contributed by atoms with van der Waals surface area (Å²) in [5.74, 6) is 0.580. The molecule has 0 aliphatic heterocycles. The van der Waals surface area contributed by atoms with Crippen LogP contribution in [-0.4, -0.2) is 17.6 Å². The number of rotatable bonds is 5. The van der Waals surface area contributed by atoms with E-state index in [4.69, 9.17) is 5.26 Å². The second-order valence-corrected chi connectivity index (χ2v) is 7.01. The van der Waals surface area contributed by atoms with Crippen LogP contribution in [0.25, 0.3) is 10.9 Å². The van der Waals surface area contributed by atoms with Crippen LogP contribution in [0.15, 0.2) is 54.7 Å². The monoisotopic (exact) mass is 329 g/mol. The van der Waals surface area contributed by atoms with E-state index in [0.717, 1.165) is 24.0 Å². The molecule has 0 spiro atoms. The lowest BCUT2D eigenvalue weighted by molar-refractivity contribution is 0.521. The van der Waals surface area contributed by atoms with E-state index in [1.165, 1.54) is 35.8 Å². The van der Waals surface area contributed by atoms with Crippen molar-refractivity contribution in [3.05, 3.63) is 71.4 Å². The molecule has 3 heteroatoms. The summed E-state index contributed by atoms with van der Waals surface area (Å²) in [6.07, 6.45) is 6.85. The van der Waals surface area contributed by atoms with E-state index in [-0.39, 0.29) is 0 Å². The van der Waals surface area contributed by atoms with Gasteiger partial charge in [-0.15, -0.1) is 0 Å². The highest BCUT2D eigenvalue weighted by atomic mass is 14.9. The predicted octanol–water partition coefficient (Wildman–Crippen LogP) is 4.51. The third-order valence-corrected chi connectivity index (χ3v) is 5.40. The van der Waals surface area contributed by atoms with E-state index in [1.54, 1.807) is 0 Å². The van der Waals surface area contributed by atoms with Gasteiger partial charge in [-0.1, -0.05) is 30.3 Å². The number of aromatic nitrogens is 1. The van der Waals surface area contributed by atoms with Gasteiger partial charge in [-0.2, -0.15) is 5.26 Å². The number of H-pyrrole nitrogens is 1. The Bertz CT molecular complexity index is 889. The number of benzene rings is 2. The lowest BCUT2D eigenvalue weighted by Crippen LogP contribution is -2.28. The smallest absolute Gasteiger partial charge is 0.0991 e. The molecule has 0 bridgehead atoms. The Hall–Kier alpha value is -2.57. The van der Waals surface area contributed by atoms with Crippen molar-refractivity contribution in [2.24, 2.45) is 0 Å². The average molecular weight is 329 g/mol. The third kappa shape index (κ3) is 3.45. The van der Waals surface area contributed by atoms with Gasteiger partial charge in [-0.25, -0.2) is 0 Å². The van der Waals surface area contributed by atoms with E-state index in [2.05, 4.69) is 52.9 Å². The summed E-state index contributed by atoms with van der Waals surface area (Å²) in [5, 5.41) is 14.1. The first-order valence-corrected chi connectivity index (χ1v) is 9.12. The minimum atomic E-state index is 0.580. The molecular formula is C22H23N3. The Kier molecular flexibility index (Phi) is 4.54. The summed E-state index contributed by atoms with van der Waals surface area (Å²) in [4.78, 5) is 3.37. The summed E-state index contributed by atoms with van der Waals surface area (Å²) in [5.41, 5.74) is 4.64. The van der Waals surface area contributed by atoms with Crippen LogP contribution in [0.1, 0.15) is 41.9 Å². The van der Waals surface area contributed by atoms with Crippen LogP contribution in [0, 0.1) is 11.3 Å². The molecule has 2 N–H and O–H groups in total. The maximum absolute atomic E-state index is 9.15. The predicted molar refractivity (Wildman–Crippen MR) is 102 cm³/mol. The van der Waals surface area contributed by atoms with Crippen molar-refractivity contribution in [2.75, 3.05) is 6.54 Å². The minimum absolute atomic E-state index is 0.580. The molecule has 1 aromatic heterocycles. The number of aromatic amines is 1. The number of fused-ring (bicyclic) bond motifs is 1. The maximum Gasteiger partial charge on any atom is 0.0991 e. The summed E-state index contributed by atoms with van der Waals surface area (Å²) in [6.45, 7) is 1.04. The third-order valence-electron chi connectivity index (χ3n) is 5.40. The van der Waals surface area contributed by atoms with E-state index in [1.807, 2.05) is 18.2 Å². The van der Waals surface area contributed by atoms with Crippen LogP contribution >= 0.6 is 0 Å². The highest BCUT2D eigenvalue weighted by Gasteiger charge is 2.27. The second-order valence-electron chi connectivity index (χ2n) is 7.01. The van der Waals surface area contributed by atoms with Crippen LogP contribution in [0.3, 0.4) is 0 Å². The zero-order valence-corrected chi connectivity index (χ0v) is 14.3. The lowest BCUT2D eigenvalue weighted by Gasteiger charge is -2.13. The molecule has 2 unspecified atom stereocenters. The van der Waals surface area contributed by atoms with Gasteiger partial charge in [0.1, 0.15) is 0 Å². The van der Waals surface area contributed by atoms with Crippen molar-refractivity contribution in [3.8, 4) is 6.07 Å². The Morgan fingerprint density at radius 2 is 2.00 bits per heavy atom. The maximum atomic E-state index is 9.15. The molecule has 0 saturated heterocycles. The zero-order valence-electron chi connectivity index (χ0n) is 14.3. The van der Waals surface area contributed by atoms with Crippen molar-refractivity contribution in [1.82, 2.24) is 10.3 Å². The van der Waals surface area contributed by atoms with Crippen LogP contribution in [0.5, 0.6) is 0 Å². The van der Waals surface area contributed by atoms with Gasteiger partial charge in [0.25, 0.3) is 0 Å². The number of nitriles is 1. The molecule has 0 radical (unpaired) electrons. The van der Waals surface area contributed by atoms with E-state index >= 15 is 0 Å². The number of hydrogen-bond acceptors (Lipinski definition) is 2. The Morgan fingerprint density at radius 3 is 2.84 bits per heavy atom. The molecule has 1 fully saturated rings. The van der Waals surface area contributed by atoms with E-state index in [0.29, 0.717) is 12.0 Å². The molecule has 1 aliphatic rings. The van der Waals surface area contributed by atoms with Gasteiger partial charge in [0.2, 0.25) is 0 Å². The molecule has 3 nitrogen and oxygen atoms in total. The van der Waals surface area contributed by atoms with Crippen molar-refractivity contribution in [2.45, 2.75) is 37.6 Å². The number of nitrogens with zero attached hydrogens (tertiary/aromatic N) is 1. The van der Waals surface area contributed by atoms with Gasteiger partial charge in [-0.3, -0.25) is 0 Å². The molecule has 0 amide bonds. The highest BCUT2D eigenvalue weighted by molar-refractivity contribution is 5.85. The first-order chi connectivity index (χ1) is 12.3. The molecular weight excluding hydrogens is 306 g/mol.